The van der Waals surface area contributed by atoms with Crippen LogP contribution in [0.2, 0.25) is 15.1 Å². The van der Waals surface area contributed by atoms with E-state index in [9.17, 15) is 14.4 Å². The molecule has 8 nitrogen and oxygen atoms in total. The van der Waals surface area contributed by atoms with Crippen LogP contribution in [0, 0.1) is 6.92 Å². The fourth-order valence-electron chi connectivity index (χ4n) is 2.91. The molecule has 2 aromatic heterocycles. The molecule has 2 aromatic carbocycles. The molecule has 172 valence electrons. The second-order valence-electron chi connectivity index (χ2n) is 6.73. The van der Waals surface area contributed by atoms with E-state index < -0.39 is 11.5 Å². The van der Waals surface area contributed by atoms with Crippen LogP contribution in [-0.2, 0) is 4.74 Å². The third kappa shape index (κ3) is 5.78. The van der Waals surface area contributed by atoms with E-state index in [0.29, 0.717) is 5.02 Å². The summed E-state index contributed by atoms with van der Waals surface area (Å²) >= 11 is 17.9. The van der Waals surface area contributed by atoms with Crippen molar-refractivity contribution < 1.29 is 9.53 Å². The van der Waals surface area contributed by atoms with Crippen LogP contribution in [0.3, 0.4) is 0 Å². The zero-order chi connectivity index (χ0) is 24.1. The van der Waals surface area contributed by atoms with Crippen LogP contribution in [0.5, 0.6) is 0 Å². The standard InChI is InChI=1S/C12H9Cl3N2O3.C10H10N2O/c1-2-20-12(19)9-5-10(18)17(16-9)11-7(14)3-6(13)4-8(11)15;1-8-7-10(13)12(11-8)9-5-3-2-4-6-9/h3-5,16H,2H2,1H3;2-7,11H,1H3. The number of hydrogen-bond acceptors (Lipinski definition) is 4. The Labute approximate surface area is 203 Å². The van der Waals surface area contributed by atoms with Crippen molar-refractivity contribution in [1.82, 2.24) is 19.6 Å². The van der Waals surface area contributed by atoms with E-state index in [1.165, 1.54) is 16.8 Å². The molecule has 0 radical (unpaired) electrons. The second kappa shape index (κ2) is 10.6. The summed E-state index contributed by atoms with van der Waals surface area (Å²) in [5, 5.41) is 6.27. The molecule has 0 fully saturated rings. The number of halogens is 3. The first-order valence-electron chi connectivity index (χ1n) is 9.69. The van der Waals surface area contributed by atoms with Crippen LogP contribution in [0.1, 0.15) is 23.1 Å². The number of aromatic amines is 2. The predicted molar refractivity (Wildman–Crippen MR) is 129 cm³/mol. The first kappa shape index (κ1) is 24.4. The van der Waals surface area contributed by atoms with Crippen molar-refractivity contribution >= 4 is 40.8 Å². The van der Waals surface area contributed by atoms with Crippen LogP contribution in [0.4, 0.5) is 0 Å². The average Bonchev–Trinajstić information content (AvgIpc) is 3.30. The Balaban J connectivity index is 0.000000203. The van der Waals surface area contributed by atoms with E-state index in [2.05, 4.69) is 10.2 Å². The van der Waals surface area contributed by atoms with Gasteiger partial charge in [0.15, 0.2) is 0 Å². The number of hydrogen-bond donors (Lipinski definition) is 2. The van der Waals surface area contributed by atoms with E-state index in [0.717, 1.165) is 22.1 Å². The van der Waals surface area contributed by atoms with Crippen molar-refractivity contribution in [3.8, 4) is 11.4 Å². The summed E-state index contributed by atoms with van der Waals surface area (Å²) in [4.78, 5) is 34.9. The molecule has 33 heavy (non-hydrogen) atoms. The number of esters is 1. The van der Waals surface area contributed by atoms with Gasteiger partial charge in [0.05, 0.1) is 22.3 Å². The van der Waals surface area contributed by atoms with Gasteiger partial charge in [0.1, 0.15) is 11.4 Å². The molecule has 4 aromatic rings. The lowest BCUT2D eigenvalue weighted by atomic mass is 10.3. The summed E-state index contributed by atoms with van der Waals surface area (Å²) in [5.74, 6) is -0.635. The highest BCUT2D eigenvalue weighted by Gasteiger charge is 2.17. The van der Waals surface area contributed by atoms with Crippen molar-refractivity contribution in [3.05, 3.63) is 102 Å². The van der Waals surface area contributed by atoms with E-state index in [-0.39, 0.29) is 33.6 Å². The van der Waals surface area contributed by atoms with Gasteiger partial charge in [0.25, 0.3) is 11.1 Å². The van der Waals surface area contributed by atoms with Gasteiger partial charge in [-0.05, 0) is 38.1 Å². The lowest BCUT2D eigenvalue weighted by Gasteiger charge is -2.08. The number of carbonyl (C=O) groups is 1. The molecule has 0 saturated carbocycles. The van der Waals surface area contributed by atoms with Crippen LogP contribution >= 0.6 is 34.8 Å². The monoisotopic (exact) mass is 508 g/mol. The molecular weight excluding hydrogens is 491 g/mol. The van der Waals surface area contributed by atoms with Crippen LogP contribution < -0.4 is 11.1 Å². The number of nitrogens with one attached hydrogen (secondary N) is 2. The summed E-state index contributed by atoms with van der Waals surface area (Å²) in [5.41, 5.74) is 1.45. The molecule has 2 N–H and O–H groups in total. The fraction of sp³-hybridized carbons (Fsp3) is 0.136. The normalized spacial score (nSPS) is 10.5. The number of rotatable bonds is 4. The van der Waals surface area contributed by atoms with Gasteiger partial charge in [-0.1, -0.05) is 53.0 Å². The molecule has 2 heterocycles. The molecule has 0 spiro atoms. The lowest BCUT2D eigenvalue weighted by Crippen LogP contribution is -2.14. The Morgan fingerprint density at radius 3 is 2.06 bits per heavy atom. The second-order valence-corrected chi connectivity index (χ2v) is 7.98. The molecule has 0 aliphatic carbocycles. The SMILES string of the molecule is CCOC(=O)c1cc(=O)n(-c2c(Cl)cc(Cl)cc2Cl)[nH]1.Cc1cc(=O)n(-c2ccccc2)[nH]1. The number of para-hydroxylation sites is 1. The van der Waals surface area contributed by atoms with Crippen LogP contribution in [-0.4, -0.2) is 32.1 Å². The van der Waals surface area contributed by atoms with Crippen molar-refractivity contribution in [2.75, 3.05) is 6.61 Å². The Morgan fingerprint density at radius 1 is 0.909 bits per heavy atom. The van der Waals surface area contributed by atoms with Gasteiger partial charge in [0.2, 0.25) is 0 Å². The number of H-pyrrole nitrogens is 2. The lowest BCUT2D eigenvalue weighted by molar-refractivity contribution is 0.0519. The molecule has 0 bridgehead atoms. The maximum atomic E-state index is 11.9. The predicted octanol–water partition coefficient (Wildman–Crippen LogP) is 4.78. The van der Waals surface area contributed by atoms with Crippen molar-refractivity contribution in [2.45, 2.75) is 13.8 Å². The molecule has 0 aliphatic heterocycles. The smallest absolute Gasteiger partial charge is 0.356 e. The molecule has 0 amide bonds. The van der Waals surface area contributed by atoms with E-state index in [1.807, 2.05) is 37.3 Å². The molecule has 0 atom stereocenters. The number of ether oxygens (including phenoxy) is 1. The number of carbonyl (C=O) groups excluding carboxylic acids is 1. The minimum absolute atomic E-state index is 0.0129. The van der Waals surface area contributed by atoms with Crippen molar-refractivity contribution in [1.29, 1.82) is 0 Å². The quantitative estimate of drug-likeness (QED) is 0.387. The van der Waals surface area contributed by atoms with Gasteiger partial charge in [-0.2, -0.15) is 0 Å². The third-order valence-corrected chi connectivity index (χ3v) is 5.08. The van der Waals surface area contributed by atoms with Crippen LogP contribution in [0.25, 0.3) is 11.4 Å². The first-order chi connectivity index (χ1) is 15.7. The van der Waals surface area contributed by atoms with E-state index in [1.54, 1.807) is 13.0 Å². The molecule has 0 saturated heterocycles. The molecular formula is C22H19Cl3N4O4. The molecule has 11 heteroatoms. The summed E-state index contributed by atoms with van der Waals surface area (Å²) < 4.78 is 7.39. The Kier molecular flexibility index (Phi) is 7.86. The minimum Gasteiger partial charge on any atom is -0.461 e. The van der Waals surface area contributed by atoms with Gasteiger partial charge >= 0.3 is 5.97 Å². The average molecular weight is 510 g/mol. The number of nitrogens with zero attached hydrogens (tertiary/aromatic N) is 2. The minimum atomic E-state index is -0.635. The van der Waals surface area contributed by atoms with Gasteiger partial charge in [0, 0.05) is 22.8 Å². The summed E-state index contributed by atoms with van der Waals surface area (Å²) in [7, 11) is 0. The van der Waals surface area contributed by atoms with Crippen molar-refractivity contribution in [3.63, 3.8) is 0 Å². The zero-order valence-corrected chi connectivity index (χ0v) is 19.8. The highest BCUT2D eigenvalue weighted by molar-refractivity contribution is 6.40. The third-order valence-electron chi connectivity index (χ3n) is 4.28. The highest BCUT2D eigenvalue weighted by atomic mass is 35.5. The van der Waals surface area contributed by atoms with Gasteiger partial charge < -0.3 is 4.74 Å². The van der Waals surface area contributed by atoms with E-state index in [4.69, 9.17) is 39.5 Å². The fourth-order valence-corrected chi connectivity index (χ4v) is 3.89. The molecule has 0 unspecified atom stereocenters. The highest BCUT2D eigenvalue weighted by Crippen LogP contribution is 2.31. The Bertz CT molecular complexity index is 1360. The number of aryl methyl sites for hydroxylation is 1. The maximum Gasteiger partial charge on any atom is 0.356 e. The van der Waals surface area contributed by atoms with Gasteiger partial charge in [-0.25, -0.2) is 14.2 Å². The van der Waals surface area contributed by atoms with Gasteiger partial charge in [-0.15, -0.1) is 0 Å². The Hall–Kier alpha value is -3.20. The zero-order valence-electron chi connectivity index (χ0n) is 17.6. The summed E-state index contributed by atoms with van der Waals surface area (Å²) in [6.45, 7) is 3.73. The number of aromatic nitrogens is 4. The van der Waals surface area contributed by atoms with Crippen molar-refractivity contribution in [2.24, 2.45) is 0 Å². The maximum absolute atomic E-state index is 11.9. The summed E-state index contributed by atoms with van der Waals surface area (Å²) in [6, 6.07) is 15.1. The van der Waals surface area contributed by atoms with Crippen LogP contribution in [0.15, 0.2) is 64.2 Å². The molecule has 4 rings (SSSR count). The molecule has 0 aliphatic rings. The first-order valence-corrected chi connectivity index (χ1v) is 10.8. The summed E-state index contributed by atoms with van der Waals surface area (Å²) in [6.07, 6.45) is 0. The Morgan fingerprint density at radius 2 is 1.52 bits per heavy atom. The topological polar surface area (TPSA) is 102 Å². The van der Waals surface area contributed by atoms with Gasteiger partial charge in [-0.3, -0.25) is 19.8 Å². The number of benzene rings is 2. The van der Waals surface area contributed by atoms with E-state index >= 15 is 0 Å². The largest absolute Gasteiger partial charge is 0.461 e.